The number of amidine groups is 1. The normalized spacial score (nSPS) is 19.1. The molecule has 0 aliphatic carbocycles. The average molecular weight is 645 g/mol. The monoisotopic (exact) mass is 644 g/mol. The van der Waals surface area contributed by atoms with Gasteiger partial charge >= 0.3 is 18.3 Å². The third-order valence-electron chi connectivity index (χ3n) is 5.83. The number of rotatable bonds is 7. The molecule has 1 saturated heterocycles. The summed E-state index contributed by atoms with van der Waals surface area (Å²) in [6, 6.07) is 8.84. The lowest BCUT2D eigenvalue weighted by Gasteiger charge is -2.20. The van der Waals surface area contributed by atoms with Gasteiger partial charge in [-0.2, -0.15) is 26.3 Å². The number of hydrogen-bond acceptors (Lipinski definition) is 8. The van der Waals surface area contributed by atoms with Gasteiger partial charge in [0.15, 0.2) is 0 Å². The first-order valence-electron chi connectivity index (χ1n) is 11.7. The molecule has 2 aliphatic rings. The Balaban J connectivity index is 0.000000616. The first kappa shape index (κ1) is 32.8. The molecule has 4 rings (SSSR count). The standard InChI is InChI=1S/C21H21F3N4O5S2.C2HF3O2/c22-21(23,24)15-2-1-3-16(11-15)34(30,31)27-17(20-25-8-9-26-20)10-13-4-6-14(7-5-13)18-12-19(29)28-35(18,32)33;3-2(4,5)1(6)7/h1-7,11,17-18,27H,8-10,12H2,(H,25,26)(H,28,29);(H,6,7). The van der Waals surface area contributed by atoms with Crippen LogP contribution in [-0.4, -0.2) is 65.0 Å². The lowest BCUT2D eigenvalue weighted by atomic mass is 10.0. The summed E-state index contributed by atoms with van der Waals surface area (Å²) in [5.41, 5.74) is -0.0558. The number of nitrogens with zero attached hydrogens (tertiary/aromatic N) is 1. The van der Waals surface area contributed by atoms with Crippen molar-refractivity contribution in [3.8, 4) is 0 Å². The molecule has 2 aromatic carbocycles. The molecular weight excluding hydrogens is 622 g/mol. The first-order chi connectivity index (χ1) is 19.3. The van der Waals surface area contributed by atoms with Gasteiger partial charge in [0.05, 0.1) is 29.5 Å². The van der Waals surface area contributed by atoms with Gasteiger partial charge in [0.1, 0.15) is 11.1 Å². The molecule has 4 N–H and O–H groups in total. The number of halogens is 6. The number of hydrogen-bond donors (Lipinski definition) is 4. The Morgan fingerprint density at radius 2 is 1.71 bits per heavy atom. The second-order valence-electron chi connectivity index (χ2n) is 8.90. The van der Waals surface area contributed by atoms with Crippen LogP contribution < -0.4 is 14.8 Å². The van der Waals surface area contributed by atoms with Crippen LogP contribution in [0, 0.1) is 0 Å². The summed E-state index contributed by atoms with van der Waals surface area (Å²) in [5.74, 6) is -3.00. The van der Waals surface area contributed by atoms with Gasteiger partial charge in [-0.05, 0) is 35.7 Å². The zero-order valence-electron chi connectivity index (χ0n) is 21.0. The Morgan fingerprint density at radius 3 is 2.19 bits per heavy atom. The van der Waals surface area contributed by atoms with Gasteiger partial charge in [0.2, 0.25) is 26.0 Å². The number of aliphatic imine (C=N–C) groups is 1. The van der Waals surface area contributed by atoms with E-state index in [0.717, 1.165) is 18.2 Å². The fourth-order valence-electron chi connectivity index (χ4n) is 3.89. The van der Waals surface area contributed by atoms with E-state index in [2.05, 4.69) is 15.0 Å². The lowest BCUT2D eigenvalue weighted by molar-refractivity contribution is -0.192. The highest BCUT2D eigenvalue weighted by molar-refractivity contribution is 7.90. The van der Waals surface area contributed by atoms with Gasteiger partial charge in [-0.1, -0.05) is 30.3 Å². The van der Waals surface area contributed by atoms with E-state index in [1.54, 1.807) is 24.3 Å². The SMILES string of the molecule is O=C(O)C(F)(F)F.O=C1CC(c2ccc(CC(NS(=O)(=O)c3cccc(C(F)(F)F)c3)C3=NCCN3)cc2)S(=O)(=O)N1. The Morgan fingerprint density at radius 1 is 1.10 bits per heavy atom. The molecule has 0 bridgehead atoms. The molecule has 11 nitrogen and oxygen atoms in total. The van der Waals surface area contributed by atoms with E-state index >= 15 is 0 Å². The van der Waals surface area contributed by atoms with Crippen LogP contribution in [0.3, 0.4) is 0 Å². The highest BCUT2D eigenvalue weighted by Gasteiger charge is 2.39. The predicted molar refractivity (Wildman–Crippen MR) is 134 cm³/mol. The third kappa shape index (κ3) is 8.41. The maximum Gasteiger partial charge on any atom is 0.490 e. The van der Waals surface area contributed by atoms with Crippen molar-refractivity contribution in [3.05, 3.63) is 65.2 Å². The van der Waals surface area contributed by atoms with Crippen LogP contribution in [0.2, 0.25) is 0 Å². The first-order valence-corrected chi connectivity index (χ1v) is 14.7. The van der Waals surface area contributed by atoms with Crippen molar-refractivity contribution in [1.29, 1.82) is 0 Å². The molecule has 42 heavy (non-hydrogen) atoms. The van der Waals surface area contributed by atoms with Gasteiger partial charge in [0.25, 0.3) is 0 Å². The molecular formula is C23H22F6N4O7S2. The van der Waals surface area contributed by atoms with Gasteiger partial charge in [-0.15, -0.1) is 0 Å². The second kappa shape index (κ2) is 12.3. The Hall–Kier alpha value is -3.71. The molecule has 2 heterocycles. The summed E-state index contributed by atoms with van der Waals surface area (Å²) in [6.45, 7) is 0.896. The number of carbonyl (C=O) groups excluding carboxylic acids is 1. The summed E-state index contributed by atoms with van der Waals surface area (Å²) in [4.78, 5) is 24.1. The van der Waals surface area contributed by atoms with Crippen LogP contribution in [0.25, 0.3) is 0 Å². The molecule has 0 saturated carbocycles. The van der Waals surface area contributed by atoms with E-state index in [1.165, 1.54) is 0 Å². The molecule has 0 aromatic heterocycles. The van der Waals surface area contributed by atoms with Crippen molar-refractivity contribution in [3.63, 3.8) is 0 Å². The van der Waals surface area contributed by atoms with Crippen molar-refractivity contribution >= 4 is 37.8 Å². The van der Waals surface area contributed by atoms with Crippen molar-refractivity contribution in [2.75, 3.05) is 13.1 Å². The Bertz CT molecular complexity index is 1580. The summed E-state index contributed by atoms with van der Waals surface area (Å²) in [7, 11) is -8.15. The van der Waals surface area contributed by atoms with Crippen LogP contribution in [0.1, 0.15) is 28.4 Å². The van der Waals surface area contributed by atoms with Gasteiger partial charge in [-0.25, -0.2) is 26.4 Å². The molecule has 1 amide bonds. The fourth-order valence-corrected chi connectivity index (χ4v) is 6.56. The number of aliphatic carboxylic acids is 1. The number of carboxylic acids is 1. The zero-order chi connectivity index (χ0) is 31.5. The minimum Gasteiger partial charge on any atom is -0.475 e. The maximum atomic E-state index is 13.1. The molecule has 1 fully saturated rings. The smallest absolute Gasteiger partial charge is 0.475 e. The maximum absolute atomic E-state index is 13.1. The molecule has 0 spiro atoms. The number of sulfonamides is 2. The zero-order valence-corrected chi connectivity index (χ0v) is 22.7. The number of amides is 1. The molecule has 2 atom stereocenters. The van der Waals surface area contributed by atoms with Gasteiger partial charge in [-0.3, -0.25) is 14.5 Å². The number of benzene rings is 2. The number of nitrogens with one attached hydrogen (secondary N) is 3. The van der Waals surface area contributed by atoms with Crippen LogP contribution in [0.15, 0.2) is 58.4 Å². The molecule has 230 valence electrons. The highest BCUT2D eigenvalue weighted by Crippen LogP contribution is 2.31. The number of alkyl halides is 6. The Kier molecular flexibility index (Phi) is 9.57. The van der Waals surface area contributed by atoms with Crippen LogP contribution >= 0.6 is 0 Å². The van der Waals surface area contributed by atoms with E-state index in [-0.39, 0.29) is 12.8 Å². The van der Waals surface area contributed by atoms with E-state index < -0.39 is 66.0 Å². The Labute approximate surface area is 235 Å². The summed E-state index contributed by atoms with van der Waals surface area (Å²) >= 11 is 0. The summed E-state index contributed by atoms with van der Waals surface area (Å²) in [5, 5.41) is 9.09. The second-order valence-corrected chi connectivity index (χ2v) is 12.5. The predicted octanol–water partition coefficient (Wildman–Crippen LogP) is 2.12. The lowest BCUT2D eigenvalue weighted by Crippen LogP contribution is -2.46. The van der Waals surface area contributed by atoms with Crippen molar-refractivity contribution < 1.29 is 57.9 Å². The molecule has 2 aromatic rings. The molecule has 0 radical (unpaired) electrons. The quantitative estimate of drug-likeness (QED) is 0.332. The van der Waals surface area contributed by atoms with E-state index in [4.69, 9.17) is 9.90 Å². The fraction of sp³-hybridized carbons (Fsp3) is 0.348. The molecule has 2 aliphatic heterocycles. The minimum absolute atomic E-state index is 0.0961. The van der Waals surface area contributed by atoms with Crippen LogP contribution in [0.5, 0.6) is 0 Å². The van der Waals surface area contributed by atoms with Crippen molar-refractivity contribution in [2.45, 2.75) is 41.4 Å². The molecule has 19 heteroatoms. The van der Waals surface area contributed by atoms with Gasteiger partial charge in [0, 0.05) is 6.54 Å². The van der Waals surface area contributed by atoms with Crippen molar-refractivity contribution in [1.82, 2.24) is 14.8 Å². The van der Waals surface area contributed by atoms with E-state index in [0.29, 0.717) is 36.1 Å². The van der Waals surface area contributed by atoms with E-state index in [9.17, 15) is 48.0 Å². The highest BCUT2D eigenvalue weighted by atomic mass is 32.2. The largest absolute Gasteiger partial charge is 0.490 e. The third-order valence-corrected chi connectivity index (χ3v) is 9.00. The molecule has 2 unspecified atom stereocenters. The number of carboxylic acid groups (broad SMARTS) is 1. The summed E-state index contributed by atoms with van der Waals surface area (Å²) in [6.07, 6.45) is -9.88. The topological polar surface area (TPSA) is 171 Å². The number of carbonyl (C=O) groups is 2. The van der Waals surface area contributed by atoms with E-state index in [1.807, 2.05) is 4.72 Å². The minimum atomic E-state index is -5.08. The van der Waals surface area contributed by atoms with Crippen LogP contribution in [-0.2, 0) is 42.2 Å². The average Bonchev–Trinajstić information content (AvgIpc) is 3.50. The summed E-state index contributed by atoms with van der Waals surface area (Å²) < 4.78 is 125. The van der Waals surface area contributed by atoms with Crippen molar-refractivity contribution in [2.24, 2.45) is 4.99 Å². The van der Waals surface area contributed by atoms with Gasteiger partial charge < -0.3 is 10.4 Å². The van der Waals surface area contributed by atoms with Crippen LogP contribution in [0.4, 0.5) is 26.3 Å².